The summed E-state index contributed by atoms with van der Waals surface area (Å²) in [5, 5.41) is 14.6. The molecule has 6 heteroatoms. The fraction of sp³-hybridized carbons (Fsp3) is 0.267. The lowest BCUT2D eigenvalue weighted by molar-refractivity contribution is 0.573. The molecular formula is C15H18N6. The first-order chi connectivity index (χ1) is 10.2. The van der Waals surface area contributed by atoms with Crippen LogP contribution in [0.1, 0.15) is 29.8 Å². The molecule has 0 fully saturated rings. The van der Waals surface area contributed by atoms with Gasteiger partial charge in [0, 0.05) is 23.8 Å². The zero-order valence-corrected chi connectivity index (χ0v) is 12.1. The number of nitrogens with one attached hydrogen (secondary N) is 2. The second kappa shape index (κ2) is 5.88. The monoisotopic (exact) mass is 282 g/mol. The summed E-state index contributed by atoms with van der Waals surface area (Å²) in [6, 6.07) is 8.58. The van der Waals surface area contributed by atoms with Crippen LogP contribution in [0.4, 0.5) is 0 Å². The van der Waals surface area contributed by atoms with E-state index in [0.717, 1.165) is 17.9 Å². The summed E-state index contributed by atoms with van der Waals surface area (Å²) >= 11 is 0. The maximum atomic E-state index is 4.12. The third kappa shape index (κ3) is 3.00. The molecule has 1 unspecified atom stereocenters. The Labute approximate surface area is 123 Å². The van der Waals surface area contributed by atoms with E-state index in [4.69, 9.17) is 0 Å². The van der Waals surface area contributed by atoms with Gasteiger partial charge >= 0.3 is 0 Å². The molecule has 1 atom stereocenters. The van der Waals surface area contributed by atoms with Gasteiger partial charge in [0.25, 0.3) is 0 Å². The molecule has 0 radical (unpaired) electrons. The van der Waals surface area contributed by atoms with E-state index in [1.54, 1.807) is 11.0 Å². The van der Waals surface area contributed by atoms with E-state index in [0.29, 0.717) is 0 Å². The molecule has 0 aliphatic rings. The second-order valence-corrected chi connectivity index (χ2v) is 5.05. The number of hydrogen-bond donors (Lipinski definition) is 2. The maximum Gasteiger partial charge on any atom is 0.138 e. The maximum absolute atomic E-state index is 4.12. The molecule has 0 saturated heterocycles. The van der Waals surface area contributed by atoms with Crippen LogP contribution in [-0.4, -0.2) is 25.0 Å². The topological polar surface area (TPSA) is 71.4 Å². The Hall–Kier alpha value is -2.47. The predicted molar refractivity (Wildman–Crippen MR) is 79.9 cm³/mol. The average Bonchev–Trinajstić information content (AvgIpc) is 3.17. The first kappa shape index (κ1) is 13.5. The number of rotatable bonds is 5. The van der Waals surface area contributed by atoms with E-state index >= 15 is 0 Å². The van der Waals surface area contributed by atoms with Crippen molar-refractivity contribution in [2.24, 2.45) is 0 Å². The van der Waals surface area contributed by atoms with Crippen LogP contribution in [0.5, 0.6) is 0 Å². The third-order valence-electron chi connectivity index (χ3n) is 3.61. The van der Waals surface area contributed by atoms with Crippen LogP contribution in [0.2, 0.25) is 0 Å². The van der Waals surface area contributed by atoms with Crippen molar-refractivity contribution in [3.05, 3.63) is 59.9 Å². The van der Waals surface area contributed by atoms with E-state index in [1.165, 1.54) is 17.5 Å². The van der Waals surface area contributed by atoms with Crippen molar-refractivity contribution in [2.75, 3.05) is 0 Å². The lowest BCUT2D eigenvalue weighted by Crippen LogP contribution is -2.18. The zero-order valence-electron chi connectivity index (χ0n) is 12.1. The van der Waals surface area contributed by atoms with Gasteiger partial charge in [-0.1, -0.05) is 12.1 Å². The molecular weight excluding hydrogens is 264 g/mol. The minimum absolute atomic E-state index is 0.268. The zero-order chi connectivity index (χ0) is 14.7. The number of hydrogen-bond acceptors (Lipinski definition) is 4. The van der Waals surface area contributed by atoms with Crippen LogP contribution in [0.15, 0.2) is 43.1 Å². The van der Waals surface area contributed by atoms with Gasteiger partial charge in [0.15, 0.2) is 0 Å². The molecule has 0 amide bonds. The second-order valence-electron chi connectivity index (χ2n) is 5.05. The van der Waals surface area contributed by atoms with Gasteiger partial charge in [-0.15, -0.1) is 0 Å². The first-order valence-electron chi connectivity index (χ1n) is 6.91. The summed E-state index contributed by atoms with van der Waals surface area (Å²) in [5.74, 6) is 0. The summed E-state index contributed by atoms with van der Waals surface area (Å²) in [5.41, 5.74) is 4.55. The molecule has 1 aromatic carbocycles. The van der Waals surface area contributed by atoms with Crippen molar-refractivity contribution in [1.29, 1.82) is 0 Å². The number of benzene rings is 1. The Kier molecular flexibility index (Phi) is 3.79. The molecule has 21 heavy (non-hydrogen) atoms. The van der Waals surface area contributed by atoms with Gasteiger partial charge in [0.05, 0.1) is 11.9 Å². The summed E-state index contributed by atoms with van der Waals surface area (Å²) in [6.45, 7) is 4.98. The molecule has 0 bridgehead atoms. The van der Waals surface area contributed by atoms with Gasteiger partial charge in [-0.25, -0.2) is 9.67 Å². The highest BCUT2D eigenvalue weighted by Crippen LogP contribution is 2.16. The Morgan fingerprint density at radius 2 is 2.10 bits per heavy atom. The molecule has 2 N–H and O–H groups in total. The van der Waals surface area contributed by atoms with Crippen LogP contribution < -0.4 is 5.32 Å². The van der Waals surface area contributed by atoms with E-state index < -0.39 is 0 Å². The average molecular weight is 282 g/mol. The number of H-pyrrole nitrogens is 1. The highest BCUT2D eigenvalue weighted by molar-refractivity contribution is 5.34. The SMILES string of the molecule is Cc1[nH]ncc1CNC(C)c1ccc(-n2cncn2)cc1. The van der Waals surface area contributed by atoms with Crippen molar-refractivity contribution in [1.82, 2.24) is 30.3 Å². The largest absolute Gasteiger partial charge is 0.306 e. The van der Waals surface area contributed by atoms with Crippen molar-refractivity contribution in [3.8, 4) is 5.69 Å². The van der Waals surface area contributed by atoms with Crippen molar-refractivity contribution >= 4 is 0 Å². The molecule has 6 nitrogen and oxygen atoms in total. The Morgan fingerprint density at radius 3 is 2.71 bits per heavy atom. The standard InChI is InChI=1S/C15H18N6/c1-11(17-7-14-8-18-20-12(14)2)13-3-5-15(6-4-13)21-10-16-9-19-21/h3-6,8-11,17H,7H2,1-2H3,(H,18,20). The van der Waals surface area contributed by atoms with Gasteiger partial charge in [-0.05, 0) is 31.5 Å². The van der Waals surface area contributed by atoms with Crippen molar-refractivity contribution < 1.29 is 0 Å². The number of aromatic nitrogens is 5. The minimum Gasteiger partial charge on any atom is -0.306 e. The molecule has 0 spiro atoms. The first-order valence-corrected chi connectivity index (χ1v) is 6.91. The van der Waals surface area contributed by atoms with Crippen LogP contribution >= 0.6 is 0 Å². The lowest BCUT2D eigenvalue weighted by atomic mass is 10.1. The molecule has 108 valence electrons. The quantitative estimate of drug-likeness (QED) is 0.752. The van der Waals surface area contributed by atoms with Crippen molar-refractivity contribution in [2.45, 2.75) is 26.4 Å². The van der Waals surface area contributed by atoms with Crippen LogP contribution in [-0.2, 0) is 6.54 Å². The normalized spacial score (nSPS) is 12.5. The van der Waals surface area contributed by atoms with Gasteiger partial charge in [-0.3, -0.25) is 5.10 Å². The highest BCUT2D eigenvalue weighted by Gasteiger charge is 2.07. The Balaban J connectivity index is 1.65. The fourth-order valence-corrected chi connectivity index (χ4v) is 2.19. The minimum atomic E-state index is 0.268. The van der Waals surface area contributed by atoms with E-state index in [-0.39, 0.29) is 6.04 Å². The summed E-state index contributed by atoms with van der Waals surface area (Å²) < 4.78 is 1.75. The number of aromatic amines is 1. The molecule has 2 aromatic heterocycles. The summed E-state index contributed by atoms with van der Waals surface area (Å²) in [7, 11) is 0. The highest BCUT2D eigenvalue weighted by atomic mass is 15.3. The smallest absolute Gasteiger partial charge is 0.138 e. The van der Waals surface area contributed by atoms with Gasteiger partial charge < -0.3 is 5.32 Å². The fourth-order valence-electron chi connectivity index (χ4n) is 2.19. The number of aryl methyl sites for hydroxylation is 1. The third-order valence-corrected chi connectivity index (χ3v) is 3.61. The van der Waals surface area contributed by atoms with Gasteiger partial charge in [-0.2, -0.15) is 10.2 Å². The van der Waals surface area contributed by atoms with Crippen LogP contribution in [0.25, 0.3) is 5.69 Å². The Morgan fingerprint density at radius 1 is 1.29 bits per heavy atom. The van der Waals surface area contributed by atoms with E-state index in [1.807, 2.05) is 25.3 Å². The van der Waals surface area contributed by atoms with E-state index in [9.17, 15) is 0 Å². The molecule has 0 aliphatic carbocycles. The van der Waals surface area contributed by atoms with Crippen LogP contribution in [0, 0.1) is 6.92 Å². The molecule has 0 saturated carbocycles. The van der Waals surface area contributed by atoms with E-state index in [2.05, 4.69) is 44.7 Å². The molecule has 0 aliphatic heterocycles. The van der Waals surface area contributed by atoms with Crippen molar-refractivity contribution in [3.63, 3.8) is 0 Å². The molecule has 3 aromatic rings. The summed E-state index contributed by atoms with van der Waals surface area (Å²) in [6.07, 6.45) is 5.09. The number of nitrogens with zero attached hydrogens (tertiary/aromatic N) is 4. The lowest BCUT2D eigenvalue weighted by Gasteiger charge is -2.14. The van der Waals surface area contributed by atoms with Gasteiger partial charge in [0.1, 0.15) is 12.7 Å². The van der Waals surface area contributed by atoms with Gasteiger partial charge in [0.2, 0.25) is 0 Å². The molecule has 2 heterocycles. The Bertz CT molecular complexity index is 683. The summed E-state index contributed by atoms with van der Waals surface area (Å²) in [4.78, 5) is 3.95. The predicted octanol–water partition coefficient (Wildman–Crippen LogP) is 2.15. The molecule has 3 rings (SSSR count). The van der Waals surface area contributed by atoms with Crippen LogP contribution in [0.3, 0.4) is 0 Å².